The number of para-hydroxylation sites is 1. The first-order valence-electron chi connectivity index (χ1n) is 8.36. The summed E-state index contributed by atoms with van der Waals surface area (Å²) >= 11 is 0. The fourth-order valence-electron chi connectivity index (χ4n) is 2.83. The predicted molar refractivity (Wildman–Crippen MR) is 99.7 cm³/mol. The number of carbonyl (C=O) groups excluding carboxylic acids is 1. The summed E-state index contributed by atoms with van der Waals surface area (Å²) in [5, 5.41) is 9.91. The summed E-state index contributed by atoms with van der Waals surface area (Å²) in [6.45, 7) is 0.626. The molecule has 1 aromatic carbocycles. The van der Waals surface area contributed by atoms with Crippen LogP contribution in [0.5, 0.6) is 0 Å². The van der Waals surface area contributed by atoms with Crippen molar-refractivity contribution < 1.29 is 9.21 Å². The minimum Gasteiger partial charge on any atom is -0.467 e. The van der Waals surface area contributed by atoms with E-state index in [9.17, 15) is 4.79 Å². The molecule has 2 aromatic heterocycles. The van der Waals surface area contributed by atoms with E-state index in [0.717, 1.165) is 16.6 Å². The third kappa shape index (κ3) is 3.67. The second kappa shape index (κ2) is 7.70. The molecule has 0 aliphatic carbocycles. The van der Waals surface area contributed by atoms with Crippen molar-refractivity contribution in [2.45, 2.75) is 13.0 Å². The number of nitrogens with zero attached hydrogens (tertiary/aromatic N) is 4. The lowest BCUT2D eigenvalue weighted by atomic mass is 10.1. The minimum absolute atomic E-state index is 0.217. The molecule has 0 spiro atoms. The van der Waals surface area contributed by atoms with E-state index in [1.165, 1.54) is 0 Å². The van der Waals surface area contributed by atoms with Gasteiger partial charge in [0, 0.05) is 31.7 Å². The van der Waals surface area contributed by atoms with Crippen LogP contribution < -0.4 is 4.90 Å². The first-order valence-corrected chi connectivity index (χ1v) is 8.36. The van der Waals surface area contributed by atoms with Crippen LogP contribution in [0.25, 0.3) is 10.9 Å². The summed E-state index contributed by atoms with van der Waals surface area (Å²) in [5.41, 5.74) is 2.05. The zero-order valence-corrected chi connectivity index (χ0v) is 14.8. The Hall–Kier alpha value is -3.33. The van der Waals surface area contributed by atoms with Crippen molar-refractivity contribution in [3.8, 4) is 6.07 Å². The van der Waals surface area contributed by atoms with Gasteiger partial charge in [-0.25, -0.2) is 4.98 Å². The number of carbonyl (C=O) groups is 1. The largest absolute Gasteiger partial charge is 0.467 e. The van der Waals surface area contributed by atoms with Crippen molar-refractivity contribution >= 4 is 22.5 Å². The van der Waals surface area contributed by atoms with Gasteiger partial charge in [-0.1, -0.05) is 18.2 Å². The van der Waals surface area contributed by atoms with E-state index in [1.54, 1.807) is 23.3 Å². The molecule has 0 unspecified atom stereocenters. The van der Waals surface area contributed by atoms with Crippen molar-refractivity contribution in [2.75, 3.05) is 25.5 Å². The average molecular weight is 348 g/mol. The van der Waals surface area contributed by atoms with E-state index in [-0.39, 0.29) is 12.3 Å². The highest BCUT2D eigenvalue weighted by Crippen LogP contribution is 2.26. The van der Waals surface area contributed by atoms with Crippen LogP contribution in [0, 0.1) is 11.3 Å². The number of anilines is 1. The van der Waals surface area contributed by atoms with Gasteiger partial charge in [0.15, 0.2) is 0 Å². The first kappa shape index (κ1) is 17.5. The van der Waals surface area contributed by atoms with Gasteiger partial charge >= 0.3 is 0 Å². The molecule has 0 aliphatic rings. The van der Waals surface area contributed by atoms with Gasteiger partial charge in [0.05, 0.1) is 30.8 Å². The van der Waals surface area contributed by atoms with Crippen LogP contribution in [0.4, 0.5) is 5.69 Å². The van der Waals surface area contributed by atoms with Gasteiger partial charge in [-0.3, -0.25) is 4.79 Å². The van der Waals surface area contributed by atoms with Crippen LogP contribution in [-0.4, -0.2) is 36.4 Å². The van der Waals surface area contributed by atoms with Crippen LogP contribution in [0.15, 0.2) is 53.1 Å². The number of hydrogen-bond acceptors (Lipinski definition) is 5. The van der Waals surface area contributed by atoms with Gasteiger partial charge in [-0.2, -0.15) is 5.26 Å². The number of amides is 1. The number of rotatable bonds is 6. The monoisotopic (exact) mass is 348 g/mol. The van der Waals surface area contributed by atoms with Crippen molar-refractivity contribution in [3.05, 3.63) is 60.2 Å². The molecule has 0 saturated carbocycles. The Labute approximate surface area is 152 Å². The Bertz CT molecular complexity index is 942. The van der Waals surface area contributed by atoms with Gasteiger partial charge in [0.2, 0.25) is 0 Å². The second-order valence-corrected chi connectivity index (χ2v) is 6.15. The van der Waals surface area contributed by atoms with Crippen molar-refractivity contribution in [3.63, 3.8) is 0 Å². The number of pyridine rings is 1. The summed E-state index contributed by atoms with van der Waals surface area (Å²) in [5.74, 6) is 0.454. The molecule has 0 radical (unpaired) electrons. The molecule has 1 amide bonds. The number of aromatic nitrogens is 1. The summed E-state index contributed by atoms with van der Waals surface area (Å²) in [4.78, 5) is 21.2. The third-order valence-corrected chi connectivity index (χ3v) is 4.10. The van der Waals surface area contributed by atoms with Crippen molar-refractivity contribution in [2.24, 2.45) is 0 Å². The number of nitriles is 1. The average Bonchev–Trinajstić information content (AvgIpc) is 3.16. The molecule has 3 rings (SSSR count). The minimum atomic E-state index is -0.217. The zero-order valence-electron chi connectivity index (χ0n) is 14.8. The third-order valence-electron chi connectivity index (χ3n) is 4.10. The van der Waals surface area contributed by atoms with Crippen LogP contribution in [0.2, 0.25) is 0 Å². The van der Waals surface area contributed by atoms with E-state index in [0.29, 0.717) is 24.5 Å². The molecule has 132 valence electrons. The molecule has 0 N–H and O–H groups in total. The number of furan rings is 1. The standard InChI is InChI=1S/C20H20N4O2/c1-23(2)19-13-18(22-17-9-4-3-8-16(17)19)20(25)24(11-6-10-21)14-15-7-5-12-26-15/h3-5,7-9,12-13H,6,11,14H2,1-2H3. The van der Waals surface area contributed by atoms with Gasteiger partial charge in [-0.05, 0) is 24.3 Å². The quantitative estimate of drug-likeness (QED) is 0.682. The lowest BCUT2D eigenvalue weighted by Gasteiger charge is -2.22. The van der Waals surface area contributed by atoms with Crippen LogP contribution in [-0.2, 0) is 6.54 Å². The zero-order chi connectivity index (χ0) is 18.5. The molecule has 0 bridgehead atoms. The molecule has 0 atom stereocenters. The van der Waals surface area contributed by atoms with Crippen LogP contribution in [0.1, 0.15) is 22.7 Å². The molecule has 0 saturated heterocycles. The lowest BCUT2D eigenvalue weighted by Crippen LogP contribution is -2.32. The SMILES string of the molecule is CN(C)c1cc(C(=O)N(CCC#N)Cc2ccco2)nc2ccccc12. The summed E-state index contributed by atoms with van der Waals surface area (Å²) in [6.07, 6.45) is 1.82. The molecule has 3 aromatic rings. The highest BCUT2D eigenvalue weighted by Gasteiger charge is 2.20. The van der Waals surface area contributed by atoms with Gasteiger partial charge in [0.25, 0.3) is 5.91 Å². The summed E-state index contributed by atoms with van der Waals surface area (Å²) in [7, 11) is 3.87. The Kier molecular flexibility index (Phi) is 5.18. The number of benzene rings is 1. The van der Waals surface area contributed by atoms with Crippen LogP contribution in [0.3, 0.4) is 0 Å². The van der Waals surface area contributed by atoms with E-state index in [4.69, 9.17) is 9.68 Å². The molecular formula is C20H20N4O2. The maximum atomic E-state index is 13.1. The van der Waals surface area contributed by atoms with Crippen molar-refractivity contribution in [1.82, 2.24) is 9.88 Å². The fourth-order valence-corrected chi connectivity index (χ4v) is 2.83. The molecule has 0 fully saturated rings. The van der Waals surface area contributed by atoms with E-state index in [1.807, 2.05) is 49.3 Å². The van der Waals surface area contributed by atoms with Gasteiger partial charge in [-0.15, -0.1) is 0 Å². The van der Waals surface area contributed by atoms with Crippen LogP contribution >= 0.6 is 0 Å². The van der Waals surface area contributed by atoms with E-state index < -0.39 is 0 Å². The summed E-state index contributed by atoms with van der Waals surface area (Å²) < 4.78 is 5.36. The highest BCUT2D eigenvalue weighted by molar-refractivity contribution is 5.99. The topological polar surface area (TPSA) is 73.4 Å². The molecular weight excluding hydrogens is 328 g/mol. The van der Waals surface area contributed by atoms with Crippen molar-refractivity contribution in [1.29, 1.82) is 5.26 Å². The van der Waals surface area contributed by atoms with E-state index >= 15 is 0 Å². The number of fused-ring (bicyclic) bond motifs is 1. The van der Waals surface area contributed by atoms with Gasteiger partial charge < -0.3 is 14.2 Å². The molecule has 26 heavy (non-hydrogen) atoms. The highest BCUT2D eigenvalue weighted by atomic mass is 16.3. The smallest absolute Gasteiger partial charge is 0.272 e. The Morgan fingerprint density at radius 1 is 1.23 bits per heavy atom. The first-order chi connectivity index (χ1) is 12.6. The number of hydrogen-bond donors (Lipinski definition) is 0. The maximum absolute atomic E-state index is 13.1. The van der Waals surface area contributed by atoms with Gasteiger partial charge in [0.1, 0.15) is 11.5 Å². The summed E-state index contributed by atoms with van der Waals surface area (Å²) in [6, 6.07) is 15.2. The predicted octanol–water partition coefficient (Wildman–Crippen LogP) is 3.45. The lowest BCUT2D eigenvalue weighted by molar-refractivity contribution is 0.0730. The van der Waals surface area contributed by atoms with E-state index in [2.05, 4.69) is 11.1 Å². The maximum Gasteiger partial charge on any atom is 0.272 e. The fraction of sp³-hybridized carbons (Fsp3) is 0.250. The Morgan fingerprint density at radius 2 is 2.04 bits per heavy atom. The Morgan fingerprint density at radius 3 is 2.73 bits per heavy atom. The second-order valence-electron chi connectivity index (χ2n) is 6.15. The molecule has 6 heteroatoms. The Balaban J connectivity index is 1.99. The molecule has 0 aliphatic heterocycles. The normalized spacial score (nSPS) is 10.5. The molecule has 2 heterocycles. The molecule has 6 nitrogen and oxygen atoms in total.